The maximum absolute atomic E-state index is 13.5. The monoisotopic (exact) mass is 300 g/mol. The van der Waals surface area contributed by atoms with Gasteiger partial charge in [0.1, 0.15) is 5.82 Å². The molecule has 1 aromatic rings. The number of nitrogens with two attached hydrogens (primary N) is 1. The molecule has 1 unspecified atom stereocenters. The highest BCUT2D eigenvalue weighted by molar-refractivity contribution is 7.89. The molecule has 0 bridgehead atoms. The molecular formula is C14H21FN2O2S. The molecule has 1 aliphatic rings. The number of hydrogen-bond donors (Lipinski definition) is 2. The Bertz CT molecular complexity index is 569. The second-order valence-electron chi connectivity index (χ2n) is 5.42. The molecule has 0 aliphatic heterocycles. The highest BCUT2D eigenvalue weighted by atomic mass is 32.2. The lowest BCUT2D eigenvalue weighted by Gasteiger charge is -2.23. The number of benzene rings is 1. The highest BCUT2D eigenvalue weighted by Gasteiger charge is 2.28. The van der Waals surface area contributed by atoms with E-state index in [1.165, 1.54) is 12.1 Å². The van der Waals surface area contributed by atoms with E-state index in [9.17, 15) is 12.8 Å². The lowest BCUT2D eigenvalue weighted by Crippen LogP contribution is -2.44. The van der Waals surface area contributed by atoms with E-state index >= 15 is 0 Å². The van der Waals surface area contributed by atoms with Gasteiger partial charge in [0.15, 0.2) is 0 Å². The van der Waals surface area contributed by atoms with Gasteiger partial charge < -0.3 is 5.73 Å². The Morgan fingerprint density at radius 2 is 2.05 bits per heavy atom. The molecule has 6 heteroatoms. The molecule has 3 N–H and O–H groups in total. The van der Waals surface area contributed by atoms with Crippen LogP contribution in [0.15, 0.2) is 23.1 Å². The molecule has 1 saturated carbocycles. The standard InChI is InChI=1S/C14H21FN2O2S/c1-10-6-7-12(8-13(10)15)20(18,19)17-14(9-16)11-4-2-3-5-11/h6-8,11,14,17H,2-5,9,16H2,1H3. The van der Waals surface area contributed by atoms with Crippen molar-refractivity contribution in [1.82, 2.24) is 4.72 Å². The summed E-state index contributed by atoms with van der Waals surface area (Å²) in [6.45, 7) is 1.86. The molecule has 1 aliphatic carbocycles. The van der Waals surface area contributed by atoms with Gasteiger partial charge in [-0.15, -0.1) is 0 Å². The van der Waals surface area contributed by atoms with Gasteiger partial charge in [-0.1, -0.05) is 18.9 Å². The third-order valence-corrected chi connectivity index (χ3v) is 5.47. The van der Waals surface area contributed by atoms with Crippen LogP contribution in [0, 0.1) is 18.7 Å². The van der Waals surface area contributed by atoms with Crippen molar-refractivity contribution < 1.29 is 12.8 Å². The first kappa shape index (κ1) is 15.4. The zero-order chi connectivity index (χ0) is 14.8. The van der Waals surface area contributed by atoms with E-state index in [-0.39, 0.29) is 23.4 Å². The summed E-state index contributed by atoms with van der Waals surface area (Å²) in [5.74, 6) is -0.233. The van der Waals surface area contributed by atoms with Gasteiger partial charge in [-0.25, -0.2) is 17.5 Å². The third kappa shape index (κ3) is 3.37. The predicted octanol–water partition coefficient (Wildman–Crippen LogP) is 1.93. The van der Waals surface area contributed by atoms with Crippen LogP contribution in [0.1, 0.15) is 31.2 Å². The van der Waals surface area contributed by atoms with E-state index in [0.29, 0.717) is 5.56 Å². The van der Waals surface area contributed by atoms with Crippen molar-refractivity contribution >= 4 is 10.0 Å². The van der Waals surface area contributed by atoms with Crippen LogP contribution in [-0.2, 0) is 10.0 Å². The average Bonchev–Trinajstić information content (AvgIpc) is 2.93. The highest BCUT2D eigenvalue weighted by Crippen LogP contribution is 2.28. The van der Waals surface area contributed by atoms with Crippen molar-refractivity contribution in [3.63, 3.8) is 0 Å². The van der Waals surface area contributed by atoms with Gasteiger partial charge in [-0.05, 0) is 43.4 Å². The summed E-state index contributed by atoms with van der Waals surface area (Å²) in [4.78, 5) is -0.0444. The fourth-order valence-electron chi connectivity index (χ4n) is 2.70. The van der Waals surface area contributed by atoms with Crippen molar-refractivity contribution in [2.24, 2.45) is 11.7 Å². The molecule has 2 rings (SSSR count). The van der Waals surface area contributed by atoms with Crippen LogP contribution in [0.3, 0.4) is 0 Å². The van der Waals surface area contributed by atoms with Crippen LogP contribution in [-0.4, -0.2) is 21.0 Å². The van der Waals surface area contributed by atoms with Gasteiger partial charge in [-0.2, -0.15) is 0 Å². The van der Waals surface area contributed by atoms with Gasteiger partial charge in [0, 0.05) is 12.6 Å². The molecule has 0 amide bonds. The van der Waals surface area contributed by atoms with E-state index in [1.807, 2.05) is 0 Å². The molecule has 20 heavy (non-hydrogen) atoms. The van der Waals surface area contributed by atoms with Gasteiger partial charge >= 0.3 is 0 Å². The van der Waals surface area contributed by atoms with Crippen LogP contribution in [0.25, 0.3) is 0 Å². The van der Waals surface area contributed by atoms with Crippen LogP contribution >= 0.6 is 0 Å². The SMILES string of the molecule is Cc1ccc(S(=O)(=O)NC(CN)C2CCCC2)cc1F. The number of sulfonamides is 1. The van der Waals surface area contributed by atoms with E-state index in [4.69, 9.17) is 5.73 Å². The van der Waals surface area contributed by atoms with Crippen molar-refractivity contribution in [2.45, 2.75) is 43.5 Å². The van der Waals surface area contributed by atoms with Gasteiger partial charge in [0.05, 0.1) is 4.90 Å². The molecule has 4 nitrogen and oxygen atoms in total. The summed E-state index contributed by atoms with van der Waals surface area (Å²) in [5, 5.41) is 0. The number of halogens is 1. The Kier molecular flexibility index (Phi) is 4.78. The molecule has 1 atom stereocenters. The van der Waals surface area contributed by atoms with Crippen molar-refractivity contribution in [1.29, 1.82) is 0 Å². The minimum absolute atomic E-state index is 0.0444. The minimum atomic E-state index is -3.72. The van der Waals surface area contributed by atoms with Crippen LogP contribution in [0.2, 0.25) is 0 Å². The van der Waals surface area contributed by atoms with Crippen LogP contribution in [0.5, 0.6) is 0 Å². The molecule has 1 aromatic carbocycles. The molecule has 0 heterocycles. The Morgan fingerprint density at radius 1 is 1.40 bits per heavy atom. The average molecular weight is 300 g/mol. The molecule has 0 spiro atoms. The first-order chi connectivity index (χ1) is 9.44. The largest absolute Gasteiger partial charge is 0.329 e. The quantitative estimate of drug-likeness (QED) is 0.873. The van der Waals surface area contributed by atoms with Crippen molar-refractivity contribution in [3.05, 3.63) is 29.6 Å². The van der Waals surface area contributed by atoms with Crippen LogP contribution < -0.4 is 10.5 Å². The summed E-state index contributed by atoms with van der Waals surface area (Å²) < 4.78 is 40.7. The number of aryl methyl sites for hydroxylation is 1. The Morgan fingerprint density at radius 3 is 2.60 bits per heavy atom. The molecule has 0 saturated heterocycles. The lowest BCUT2D eigenvalue weighted by atomic mass is 9.99. The number of nitrogens with one attached hydrogen (secondary N) is 1. The number of hydrogen-bond acceptors (Lipinski definition) is 3. The molecule has 0 aromatic heterocycles. The second-order valence-corrected chi connectivity index (χ2v) is 7.13. The summed E-state index contributed by atoms with van der Waals surface area (Å²) >= 11 is 0. The summed E-state index contributed by atoms with van der Waals surface area (Å²) in [5.41, 5.74) is 6.12. The Labute approximate surface area is 119 Å². The van der Waals surface area contributed by atoms with E-state index in [0.717, 1.165) is 31.7 Å². The molecule has 112 valence electrons. The lowest BCUT2D eigenvalue weighted by molar-refractivity contribution is 0.405. The third-order valence-electron chi connectivity index (χ3n) is 3.98. The smallest absolute Gasteiger partial charge is 0.240 e. The first-order valence-corrected chi connectivity index (χ1v) is 8.41. The number of rotatable bonds is 5. The Hall–Kier alpha value is -0.980. The normalized spacial score (nSPS) is 18.4. The van der Waals surface area contributed by atoms with Crippen molar-refractivity contribution in [2.75, 3.05) is 6.54 Å². The maximum atomic E-state index is 13.5. The van der Waals surface area contributed by atoms with E-state index in [1.54, 1.807) is 6.92 Å². The Balaban J connectivity index is 2.18. The first-order valence-electron chi connectivity index (χ1n) is 6.92. The second kappa shape index (κ2) is 6.20. The van der Waals surface area contributed by atoms with E-state index < -0.39 is 15.8 Å². The minimum Gasteiger partial charge on any atom is -0.329 e. The van der Waals surface area contributed by atoms with E-state index in [2.05, 4.69) is 4.72 Å². The van der Waals surface area contributed by atoms with Gasteiger partial charge in [0.2, 0.25) is 10.0 Å². The van der Waals surface area contributed by atoms with Crippen LogP contribution in [0.4, 0.5) is 4.39 Å². The van der Waals surface area contributed by atoms with Gasteiger partial charge in [0.25, 0.3) is 0 Å². The summed E-state index contributed by atoms with van der Waals surface area (Å²) in [6.07, 6.45) is 4.21. The topological polar surface area (TPSA) is 72.2 Å². The zero-order valence-corrected chi connectivity index (χ0v) is 12.4. The molecule has 1 fully saturated rings. The molecular weight excluding hydrogens is 279 g/mol. The maximum Gasteiger partial charge on any atom is 0.240 e. The zero-order valence-electron chi connectivity index (χ0n) is 11.6. The fourth-order valence-corrected chi connectivity index (χ4v) is 4.03. The van der Waals surface area contributed by atoms with Gasteiger partial charge in [-0.3, -0.25) is 0 Å². The predicted molar refractivity (Wildman–Crippen MR) is 76.3 cm³/mol. The fraction of sp³-hybridized carbons (Fsp3) is 0.571. The molecule has 0 radical (unpaired) electrons. The summed E-state index contributed by atoms with van der Waals surface area (Å²) in [7, 11) is -3.72. The van der Waals surface area contributed by atoms with Crippen molar-refractivity contribution in [3.8, 4) is 0 Å². The summed E-state index contributed by atoms with van der Waals surface area (Å²) in [6, 6.07) is 3.67.